The van der Waals surface area contributed by atoms with Crippen molar-refractivity contribution in [3.05, 3.63) is 11.1 Å². The van der Waals surface area contributed by atoms with Gasteiger partial charge in [-0.25, -0.2) is 13.8 Å². The minimum atomic E-state index is -2.80. The van der Waals surface area contributed by atoms with Crippen LogP contribution in [0.2, 0.25) is 0 Å². The number of thiazole rings is 1. The van der Waals surface area contributed by atoms with Crippen LogP contribution in [0.3, 0.4) is 0 Å². The van der Waals surface area contributed by atoms with Gasteiger partial charge in [-0.15, -0.1) is 36.2 Å². The number of piperidine rings is 1. The highest BCUT2D eigenvalue weighted by Crippen LogP contribution is 2.26. The zero-order valence-electron chi connectivity index (χ0n) is 14.0. The first-order valence-corrected chi connectivity index (χ1v) is 8.88. The van der Waals surface area contributed by atoms with Crippen molar-refractivity contribution in [3.63, 3.8) is 0 Å². The number of amides is 1. The lowest BCUT2D eigenvalue weighted by Gasteiger charge is -2.30. The fraction of sp³-hybridized carbons (Fsp3) is 0.733. The lowest BCUT2D eigenvalue weighted by atomic mass is 10.0. The monoisotopic (exact) mass is 416 g/mol. The number of likely N-dealkylation sites (tertiary alicyclic amines) is 1. The molecule has 144 valence electrons. The first kappa shape index (κ1) is 22.5. The summed E-state index contributed by atoms with van der Waals surface area (Å²) >= 11 is 1.34. The number of rotatable bonds is 4. The molecule has 1 amide bonds. The Balaban J connectivity index is 0.00000156. The molecule has 2 aliphatic heterocycles. The van der Waals surface area contributed by atoms with Gasteiger partial charge in [0.05, 0.1) is 18.3 Å². The van der Waals surface area contributed by atoms with E-state index in [2.05, 4.69) is 27.4 Å². The van der Waals surface area contributed by atoms with E-state index in [0.29, 0.717) is 11.0 Å². The number of carbonyl (C=O) groups excluding carboxylic acids is 1. The fourth-order valence-electron chi connectivity index (χ4n) is 3.19. The molecule has 0 radical (unpaired) electrons. The molecule has 2 aliphatic rings. The maximum Gasteiger partial charge on any atom is 0.262 e. The van der Waals surface area contributed by atoms with Crippen LogP contribution in [-0.4, -0.2) is 47.4 Å². The summed E-state index contributed by atoms with van der Waals surface area (Å²) in [7, 11) is 0. The Bertz CT molecular complexity index is 575. The number of hydrogen-bond acceptors (Lipinski definition) is 5. The minimum Gasteiger partial charge on any atom is -0.301 e. The first-order valence-electron chi connectivity index (χ1n) is 8.00. The van der Waals surface area contributed by atoms with Crippen molar-refractivity contribution in [3.8, 4) is 0 Å². The van der Waals surface area contributed by atoms with Gasteiger partial charge in [0, 0.05) is 24.9 Å². The lowest BCUT2D eigenvalue weighted by molar-refractivity contribution is -0.118. The van der Waals surface area contributed by atoms with E-state index in [1.165, 1.54) is 24.2 Å². The molecule has 2 atom stereocenters. The fourth-order valence-corrected chi connectivity index (χ4v) is 3.89. The molecule has 3 heterocycles. The molecule has 3 rings (SSSR count). The number of alkyl halides is 2. The van der Waals surface area contributed by atoms with Gasteiger partial charge < -0.3 is 5.32 Å². The number of anilines is 1. The molecule has 25 heavy (non-hydrogen) atoms. The Hall–Kier alpha value is -0.540. The minimum absolute atomic E-state index is 0. The van der Waals surface area contributed by atoms with Crippen LogP contribution in [0.15, 0.2) is 5.38 Å². The number of halogens is 4. The van der Waals surface area contributed by atoms with Crippen LogP contribution < -0.4 is 10.6 Å². The van der Waals surface area contributed by atoms with Gasteiger partial charge in [-0.1, -0.05) is 6.92 Å². The van der Waals surface area contributed by atoms with E-state index in [9.17, 15) is 13.6 Å². The largest absolute Gasteiger partial charge is 0.301 e. The van der Waals surface area contributed by atoms with Crippen LogP contribution in [0.4, 0.5) is 13.9 Å². The Morgan fingerprint density at radius 1 is 1.52 bits per heavy atom. The highest BCUT2D eigenvalue weighted by Gasteiger charge is 2.42. The molecule has 1 aromatic rings. The number of aromatic nitrogens is 1. The standard InChI is InChI=1S/C15H22F2N4OS.2ClH/c1-10-3-2-4-21(6-10)7-11-8-23-14(19-11)20-13(22)12-5-15(16,17)9-18-12;;/h8,10,12,18H,2-7,9H2,1H3,(H,19,20,22);2*1H. The second-order valence-corrected chi connectivity index (χ2v) is 7.47. The van der Waals surface area contributed by atoms with Gasteiger partial charge in [-0.2, -0.15) is 0 Å². The van der Waals surface area contributed by atoms with Crippen molar-refractivity contribution in [2.45, 2.75) is 44.7 Å². The molecule has 0 saturated carbocycles. The summed E-state index contributed by atoms with van der Waals surface area (Å²) in [6, 6.07) is -0.847. The van der Waals surface area contributed by atoms with Gasteiger partial charge >= 0.3 is 0 Å². The van der Waals surface area contributed by atoms with Crippen LogP contribution in [0, 0.1) is 5.92 Å². The summed E-state index contributed by atoms with van der Waals surface area (Å²) in [5, 5.41) is 7.59. The lowest BCUT2D eigenvalue weighted by Crippen LogP contribution is -2.35. The molecule has 2 N–H and O–H groups in total. The summed E-state index contributed by atoms with van der Waals surface area (Å²) in [5.74, 6) is -2.53. The predicted octanol–water partition coefficient (Wildman–Crippen LogP) is 3.15. The summed E-state index contributed by atoms with van der Waals surface area (Å²) in [6.07, 6.45) is 2.02. The normalized spacial score (nSPS) is 25.7. The molecule has 2 fully saturated rings. The van der Waals surface area contributed by atoms with E-state index < -0.39 is 30.8 Å². The molecular formula is C15H24Cl2F2N4OS. The zero-order valence-corrected chi connectivity index (χ0v) is 16.4. The molecule has 0 spiro atoms. The van der Waals surface area contributed by atoms with Crippen molar-refractivity contribution in [2.24, 2.45) is 5.92 Å². The molecule has 0 bridgehead atoms. The maximum atomic E-state index is 13.1. The van der Waals surface area contributed by atoms with Crippen molar-refractivity contribution in [2.75, 3.05) is 25.0 Å². The SMILES string of the molecule is CC1CCCN(Cc2csc(NC(=O)C3CC(F)(F)CN3)n2)C1.Cl.Cl. The molecule has 0 aliphatic carbocycles. The highest BCUT2D eigenvalue weighted by atomic mass is 35.5. The summed E-state index contributed by atoms with van der Waals surface area (Å²) in [6.45, 7) is 4.73. The predicted molar refractivity (Wildman–Crippen MR) is 100 cm³/mol. The molecule has 10 heteroatoms. The number of hydrogen-bond donors (Lipinski definition) is 2. The van der Waals surface area contributed by atoms with Crippen LogP contribution in [-0.2, 0) is 11.3 Å². The van der Waals surface area contributed by atoms with Crippen molar-refractivity contribution >= 4 is 47.2 Å². The van der Waals surface area contributed by atoms with Crippen LogP contribution in [0.5, 0.6) is 0 Å². The Labute approximate surface area is 162 Å². The van der Waals surface area contributed by atoms with Gasteiger partial charge in [-0.05, 0) is 25.3 Å². The molecule has 2 unspecified atom stereocenters. The van der Waals surface area contributed by atoms with E-state index in [-0.39, 0.29) is 24.8 Å². The van der Waals surface area contributed by atoms with Crippen molar-refractivity contribution < 1.29 is 13.6 Å². The number of nitrogens with zero attached hydrogens (tertiary/aromatic N) is 2. The van der Waals surface area contributed by atoms with Gasteiger partial charge in [-0.3, -0.25) is 15.0 Å². The third-order valence-corrected chi connectivity index (χ3v) is 5.14. The Morgan fingerprint density at radius 3 is 2.92 bits per heavy atom. The van der Waals surface area contributed by atoms with Crippen LogP contribution >= 0.6 is 36.2 Å². The van der Waals surface area contributed by atoms with Crippen LogP contribution in [0.25, 0.3) is 0 Å². The smallest absolute Gasteiger partial charge is 0.262 e. The molecule has 0 aromatic carbocycles. The maximum absolute atomic E-state index is 13.1. The van der Waals surface area contributed by atoms with Crippen molar-refractivity contribution in [1.82, 2.24) is 15.2 Å². The average molecular weight is 417 g/mol. The van der Waals surface area contributed by atoms with Crippen molar-refractivity contribution in [1.29, 1.82) is 0 Å². The van der Waals surface area contributed by atoms with E-state index >= 15 is 0 Å². The molecule has 1 aromatic heterocycles. The van der Waals surface area contributed by atoms with E-state index in [4.69, 9.17) is 0 Å². The van der Waals surface area contributed by atoms with Crippen LogP contribution in [0.1, 0.15) is 31.9 Å². The van der Waals surface area contributed by atoms with Gasteiger partial charge in [0.25, 0.3) is 5.92 Å². The van der Waals surface area contributed by atoms with Gasteiger partial charge in [0.1, 0.15) is 0 Å². The Morgan fingerprint density at radius 2 is 2.28 bits per heavy atom. The Kier molecular flexibility index (Phi) is 8.47. The van der Waals surface area contributed by atoms with E-state index in [1.807, 2.05) is 5.38 Å². The zero-order chi connectivity index (χ0) is 16.4. The average Bonchev–Trinajstić information content (AvgIpc) is 3.05. The molecular weight excluding hydrogens is 393 g/mol. The number of nitrogens with one attached hydrogen (secondary N) is 2. The quantitative estimate of drug-likeness (QED) is 0.791. The third-order valence-electron chi connectivity index (χ3n) is 4.33. The first-order chi connectivity index (χ1) is 10.9. The second-order valence-electron chi connectivity index (χ2n) is 6.61. The van der Waals surface area contributed by atoms with Gasteiger partial charge in [0.15, 0.2) is 5.13 Å². The molecule has 5 nitrogen and oxygen atoms in total. The summed E-state index contributed by atoms with van der Waals surface area (Å²) in [5.41, 5.74) is 0.920. The van der Waals surface area contributed by atoms with Gasteiger partial charge in [0.2, 0.25) is 5.91 Å². The molecule has 2 saturated heterocycles. The summed E-state index contributed by atoms with van der Waals surface area (Å²) in [4.78, 5) is 18.8. The van der Waals surface area contributed by atoms with E-state index in [1.54, 1.807) is 0 Å². The second kappa shape index (κ2) is 9.41. The number of carbonyl (C=O) groups is 1. The topological polar surface area (TPSA) is 57.3 Å². The van der Waals surface area contributed by atoms with E-state index in [0.717, 1.165) is 25.3 Å². The summed E-state index contributed by atoms with van der Waals surface area (Å²) < 4.78 is 26.3. The third kappa shape index (κ3) is 6.29. The highest BCUT2D eigenvalue weighted by molar-refractivity contribution is 7.13.